The number of nitro groups is 1. The summed E-state index contributed by atoms with van der Waals surface area (Å²) in [5.41, 5.74) is 1.64. The van der Waals surface area contributed by atoms with Crippen molar-refractivity contribution in [1.29, 1.82) is 0 Å². The summed E-state index contributed by atoms with van der Waals surface area (Å²) in [7, 11) is 0. The van der Waals surface area contributed by atoms with E-state index in [0.29, 0.717) is 16.0 Å². The van der Waals surface area contributed by atoms with Crippen LogP contribution in [-0.4, -0.2) is 31.3 Å². The Balaban J connectivity index is 1.59. The predicted molar refractivity (Wildman–Crippen MR) is 124 cm³/mol. The minimum Gasteiger partial charge on any atom is -0.320 e. The number of amides is 1. The SMILES string of the molecule is O=C(CSc1nnc(-c2ccccc2)n1-c1ccc(Cl)cc1)Nc1ccccc1[N+](=O)[O-]. The Morgan fingerprint density at radius 1 is 1.00 bits per heavy atom. The monoisotopic (exact) mass is 465 g/mol. The normalized spacial score (nSPS) is 10.7. The molecule has 32 heavy (non-hydrogen) atoms. The molecule has 0 spiro atoms. The number of rotatable bonds is 7. The second-order valence-electron chi connectivity index (χ2n) is 6.60. The van der Waals surface area contributed by atoms with Crippen LogP contribution in [0, 0.1) is 10.1 Å². The van der Waals surface area contributed by atoms with Gasteiger partial charge in [-0.25, -0.2) is 0 Å². The highest BCUT2D eigenvalue weighted by atomic mass is 35.5. The second kappa shape index (κ2) is 9.63. The van der Waals surface area contributed by atoms with Gasteiger partial charge in [0.05, 0.1) is 10.7 Å². The summed E-state index contributed by atoms with van der Waals surface area (Å²) in [5.74, 6) is 0.220. The molecule has 0 saturated carbocycles. The predicted octanol–water partition coefficient (Wildman–Crippen LogP) is 5.23. The molecule has 0 saturated heterocycles. The zero-order chi connectivity index (χ0) is 22.5. The molecule has 4 rings (SSSR count). The van der Waals surface area contributed by atoms with Gasteiger partial charge >= 0.3 is 0 Å². The Kier molecular flexibility index (Phi) is 6.48. The van der Waals surface area contributed by atoms with E-state index in [2.05, 4.69) is 15.5 Å². The van der Waals surface area contributed by atoms with Crippen LogP contribution in [0.4, 0.5) is 11.4 Å². The molecule has 0 aliphatic heterocycles. The molecule has 0 radical (unpaired) electrons. The van der Waals surface area contributed by atoms with Crippen LogP contribution in [0.5, 0.6) is 0 Å². The van der Waals surface area contributed by atoms with Crippen LogP contribution in [0.25, 0.3) is 17.1 Å². The Bertz CT molecular complexity index is 1260. The highest BCUT2D eigenvalue weighted by molar-refractivity contribution is 7.99. The van der Waals surface area contributed by atoms with Crippen molar-refractivity contribution < 1.29 is 9.72 Å². The van der Waals surface area contributed by atoms with Crippen molar-refractivity contribution in [3.05, 3.63) is 94.0 Å². The van der Waals surface area contributed by atoms with Crippen molar-refractivity contribution in [2.45, 2.75) is 5.16 Å². The third-order valence-electron chi connectivity index (χ3n) is 4.46. The lowest BCUT2D eigenvalue weighted by atomic mass is 10.2. The van der Waals surface area contributed by atoms with Crippen molar-refractivity contribution in [1.82, 2.24) is 14.8 Å². The average Bonchev–Trinajstić information content (AvgIpc) is 3.23. The summed E-state index contributed by atoms with van der Waals surface area (Å²) < 4.78 is 1.84. The lowest BCUT2D eigenvalue weighted by Crippen LogP contribution is -2.15. The highest BCUT2D eigenvalue weighted by Gasteiger charge is 2.19. The number of nitro benzene ring substituents is 1. The fourth-order valence-corrected chi connectivity index (χ4v) is 3.89. The molecule has 0 aliphatic carbocycles. The molecule has 3 aromatic carbocycles. The highest BCUT2D eigenvalue weighted by Crippen LogP contribution is 2.29. The van der Waals surface area contributed by atoms with Gasteiger partial charge in [0, 0.05) is 22.3 Å². The Hall–Kier alpha value is -3.69. The van der Waals surface area contributed by atoms with Crippen LogP contribution in [0.2, 0.25) is 5.02 Å². The number of benzene rings is 3. The molecule has 0 fully saturated rings. The molecule has 0 atom stereocenters. The molecule has 0 aliphatic rings. The standard InChI is InChI=1S/C22H16ClN5O3S/c23-16-10-12-17(13-11-16)27-21(15-6-2-1-3-7-15)25-26-22(27)32-14-20(29)24-18-8-4-5-9-19(18)28(30)31/h1-13H,14H2,(H,24,29). The van der Waals surface area contributed by atoms with Gasteiger partial charge in [-0.05, 0) is 30.3 Å². The number of thioether (sulfide) groups is 1. The summed E-state index contributed by atoms with van der Waals surface area (Å²) in [6.07, 6.45) is 0. The molecule has 1 N–H and O–H groups in total. The van der Waals surface area contributed by atoms with E-state index in [1.165, 1.54) is 23.9 Å². The Morgan fingerprint density at radius 2 is 1.69 bits per heavy atom. The maximum Gasteiger partial charge on any atom is 0.292 e. The lowest BCUT2D eigenvalue weighted by molar-refractivity contribution is -0.383. The molecule has 4 aromatic rings. The van der Waals surface area contributed by atoms with E-state index in [9.17, 15) is 14.9 Å². The van der Waals surface area contributed by atoms with Gasteiger partial charge < -0.3 is 5.32 Å². The third-order valence-corrected chi connectivity index (χ3v) is 5.64. The molecule has 1 heterocycles. The Morgan fingerprint density at radius 3 is 2.41 bits per heavy atom. The van der Waals surface area contributed by atoms with Crippen LogP contribution < -0.4 is 5.32 Å². The van der Waals surface area contributed by atoms with Crippen molar-refractivity contribution in [2.75, 3.05) is 11.1 Å². The summed E-state index contributed by atoms with van der Waals surface area (Å²) in [6, 6.07) is 22.8. The van der Waals surface area contributed by atoms with Crippen LogP contribution >= 0.6 is 23.4 Å². The van der Waals surface area contributed by atoms with Gasteiger partial charge in [-0.2, -0.15) is 0 Å². The summed E-state index contributed by atoms with van der Waals surface area (Å²) in [5, 5.41) is 23.4. The number of nitrogens with zero attached hydrogens (tertiary/aromatic N) is 4. The van der Waals surface area contributed by atoms with E-state index in [4.69, 9.17) is 11.6 Å². The first-order valence-electron chi connectivity index (χ1n) is 9.46. The average molecular weight is 466 g/mol. The molecular weight excluding hydrogens is 450 g/mol. The summed E-state index contributed by atoms with van der Waals surface area (Å²) in [4.78, 5) is 23.1. The van der Waals surface area contributed by atoms with Crippen LogP contribution in [0.1, 0.15) is 0 Å². The van der Waals surface area contributed by atoms with Gasteiger partial charge in [-0.15, -0.1) is 10.2 Å². The maximum absolute atomic E-state index is 12.5. The number of nitrogens with one attached hydrogen (secondary N) is 1. The van der Waals surface area contributed by atoms with Crippen LogP contribution in [0.3, 0.4) is 0 Å². The fraction of sp³-hybridized carbons (Fsp3) is 0.0455. The van der Waals surface area contributed by atoms with E-state index in [1.54, 1.807) is 24.3 Å². The number of para-hydroxylation sites is 2. The number of anilines is 1. The first-order valence-corrected chi connectivity index (χ1v) is 10.8. The van der Waals surface area contributed by atoms with E-state index in [1.807, 2.05) is 47.0 Å². The quantitative estimate of drug-likeness (QED) is 0.228. The van der Waals surface area contributed by atoms with E-state index in [-0.39, 0.29) is 17.1 Å². The molecular formula is C22H16ClN5O3S. The largest absolute Gasteiger partial charge is 0.320 e. The van der Waals surface area contributed by atoms with Gasteiger partial charge in [-0.1, -0.05) is 65.8 Å². The molecule has 8 nitrogen and oxygen atoms in total. The zero-order valence-electron chi connectivity index (χ0n) is 16.5. The van der Waals surface area contributed by atoms with Gasteiger partial charge in [0.2, 0.25) is 5.91 Å². The first kappa shape index (κ1) is 21.5. The topological polar surface area (TPSA) is 103 Å². The van der Waals surface area contributed by atoms with Crippen LogP contribution in [0.15, 0.2) is 84.0 Å². The molecule has 0 bridgehead atoms. The van der Waals surface area contributed by atoms with Crippen molar-refractivity contribution in [3.8, 4) is 17.1 Å². The van der Waals surface area contributed by atoms with E-state index >= 15 is 0 Å². The number of carbonyl (C=O) groups is 1. The van der Waals surface area contributed by atoms with Crippen molar-refractivity contribution >= 4 is 40.6 Å². The number of aromatic nitrogens is 3. The minimum atomic E-state index is -0.536. The number of hydrogen-bond acceptors (Lipinski definition) is 6. The minimum absolute atomic E-state index is 0.00738. The van der Waals surface area contributed by atoms with Gasteiger partial charge in [0.25, 0.3) is 5.69 Å². The van der Waals surface area contributed by atoms with Gasteiger partial charge in [-0.3, -0.25) is 19.5 Å². The summed E-state index contributed by atoms with van der Waals surface area (Å²) in [6.45, 7) is 0. The van der Waals surface area contributed by atoms with Crippen molar-refractivity contribution in [3.63, 3.8) is 0 Å². The van der Waals surface area contributed by atoms with E-state index in [0.717, 1.165) is 11.3 Å². The molecule has 1 aromatic heterocycles. The van der Waals surface area contributed by atoms with Crippen molar-refractivity contribution in [2.24, 2.45) is 0 Å². The van der Waals surface area contributed by atoms with Gasteiger partial charge in [0.1, 0.15) is 5.69 Å². The fourth-order valence-electron chi connectivity index (χ4n) is 3.02. The first-order chi connectivity index (χ1) is 15.5. The van der Waals surface area contributed by atoms with Gasteiger partial charge in [0.15, 0.2) is 11.0 Å². The molecule has 10 heteroatoms. The maximum atomic E-state index is 12.5. The molecule has 1 amide bonds. The number of carbonyl (C=O) groups excluding carboxylic acids is 1. The Labute approximate surface area is 192 Å². The second-order valence-corrected chi connectivity index (χ2v) is 7.97. The smallest absolute Gasteiger partial charge is 0.292 e. The zero-order valence-corrected chi connectivity index (χ0v) is 18.1. The molecule has 0 unspecified atom stereocenters. The van der Waals surface area contributed by atoms with E-state index < -0.39 is 10.8 Å². The summed E-state index contributed by atoms with van der Waals surface area (Å²) >= 11 is 7.22. The molecule has 160 valence electrons. The van der Waals surface area contributed by atoms with Crippen LogP contribution in [-0.2, 0) is 4.79 Å². The lowest BCUT2D eigenvalue weighted by Gasteiger charge is -2.11. The number of hydrogen-bond donors (Lipinski definition) is 1. The third kappa shape index (κ3) is 4.79. The number of halogens is 1.